The number of benzene rings is 1. The first kappa shape index (κ1) is 17.6. The van der Waals surface area contributed by atoms with Gasteiger partial charge in [-0.2, -0.15) is 0 Å². The summed E-state index contributed by atoms with van der Waals surface area (Å²) in [5.41, 5.74) is -0.180. The molecule has 1 amide bonds. The molecule has 0 unspecified atom stereocenters. The summed E-state index contributed by atoms with van der Waals surface area (Å²) in [6, 6.07) is 8.48. The van der Waals surface area contributed by atoms with Crippen LogP contribution in [0.3, 0.4) is 0 Å². The molecular weight excluding hydrogens is 358 g/mol. The number of hydrogen-bond donors (Lipinski definition) is 1. The van der Waals surface area contributed by atoms with Crippen molar-refractivity contribution in [2.24, 2.45) is 0 Å². The van der Waals surface area contributed by atoms with Crippen LogP contribution in [0.2, 0.25) is 0 Å². The molecule has 0 spiro atoms. The molecule has 0 bridgehead atoms. The molecule has 23 heavy (non-hydrogen) atoms. The first-order valence-corrected chi connectivity index (χ1v) is 10.7. The Morgan fingerprint density at radius 1 is 1.09 bits per heavy atom. The van der Waals surface area contributed by atoms with Gasteiger partial charge in [-0.1, -0.05) is 25.1 Å². The summed E-state index contributed by atoms with van der Waals surface area (Å²) < 4.78 is 50.5. The van der Waals surface area contributed by atoms with Gasteiger partial charge >= 0.3 is 0 Å². The van der Waals surface area contributed by atoms with Gasteiger partial charge < -0.3 is 0 Å². The molecule has 0 atom stereocenters. The lowest BCUT2D eigenvalue weighted by atomic mass is 10.2. The van der Waals surface area contributed by atoms with Crippen molar-refractivity contribution in [3.63, 3.8) is 0 Å². The smallest absolute Gasteiger partial charge is 0.268 e. The van der Waals surface area contributed by atoms with Crippen LogP contribution >= 0.6 is 11.3 Å². The number of nitrogens with one attached hydrogen (secondary N) is 1. The number of carbonyl (C=O) groups excluding carboxylic acids is 1. The van der Waals surface area contributed by atoms with Crippen LogP contribution in [-0.4, -0.2) is 28.5 Å². The molecule has 2 rings (SSSR count). The van der Waals surface area contributed by atoms with E-state index in [1.165, 1.54) is 30.3 Å². The maximum absolute atomic E-state index is 12.3. The predicted molar refractivity (Wildman–Crippen MR) is 87.8 cm³/mol. The third-order valence-electron chi connectivity index (χ3n) is 2.93. The van der Waals surface area contributed by atoms with Crippen molar-refractivity contribution in [3.8, 4) is 0 Å². The summed E-state index contributed by atoms with van der Waals surface area (Å²) in [7, 11) is -7.66. The molecule has 124 valence electrons. The lowest BCUT2D eigenvalue weighted by Gasteiger charge is -2.10. The van der Waals surface area contributed by atoms with E-state index in [4.69, 9.17) is 0 Å². The number of thiophene rings is 1. The maximum Gasteiger partial charge on any atom is 0.273 e. The van der Waals surface area contributed by atoms with Crippen LogP contribution in [0, 0.1) is 0 Å². The highest BCUT2D eigenvalue weighted by Crippen LogP contribution is 2.20. The van der Waals surface area contributed by atoms with E-state index in [1.54, 1.807) is 18.4 Å². The molecule has 0 aliphatic rings. The maximum atomic E-state index is 12.3. The zero-order valence-electron chi connectivity index (χ0n) is 12.2. The quantitative estimate of drug-likeness (QED) is 0.836. The normalized spacial score (nSPS) is 12.0. The highest BCUT2D eigenvalue weighted by atomic mass is 32.2. The summed E-state index contributed by atoms with van der Waals surface area (Å²) in [6.07, 6.45) is 0.395. The van der Waals surface area contributed by atoms with Gasteiger partial charge in [0.2, 0.25) is 0 Å². The van der Waals surface area contributed by atoms with E-state index in [1.807, 2.05) is 4.72 Å². The first-order valence-electron chi connectivity index (χ1n) is 6.70. The SMILES string of the molecule is CCCS(=O)(=O)c1ccccc1C(=O)NS(=O)(=O)c1cccs1. The van der Waals surface area contributed by atoms with Crippen LogP contribution in [0.1, 0.15) is 23.7 Å². The number of sulfonamides is 1. The first-order chi connectivity index (χ1) is 10.8. The van der Waals surface area contributed by atoms with E-state index in [9.17, 15) is 21.6 Å². The van der Waals surface area contributed by atoms with Gasteiger partial charge in [-0.3, -0.25) is 4.79 Å². The largest absolute Gasteiger partial charge is 0.273 e. The monoisotopic (exact) mass is 373 g/mol. The van der Waals surface area contributed by atoms with Crippen LogP contribution < -0.4 is 4.72 Å². The fraction of sp³-hybridized carbons (Fsp3) is 0.214. The van der Waals surface area contributed by atoms with Crippen molar-refractivity contribution in [2.45, 2.75) is 22.4 Å². The Bertz CT molecular complexity index is 900. The zero-order valence-corrected chi connectivity index (χ0v) is 14.7. The summed E-state index contributed by atoms with van der Waals surface area (Å²) >= 11 is 0.964. The Hall–Kier alpha value is -1.71. The highest BCUT2D eigenvalue weighted by molar-refractivity contribution is 7.92. The Kier molecular flexibility index (Phi) is 5.23. The van der Waals surface area contributed by atoms with Crippen molar-refractivity contribution in [1.82, 2.24) is 4.72 Å². The minimum atomic E-state index is -4.01. The van der Waals surface area contributed by atoms with Crippen molar-refractivity contribution in [3.05, 3.63) is 47.3 Å². The summed E-state index contributed by atoms with van der Waals surface area (Å²) in [5.74, 6) is -1.08. The van der Waals surface area contributed by atoms with Gasteiger partial charge in [0.15, 0.2) is 9.84 Å². The second-order valence-electron chi connectivity index (χ2n) is 4.68. The fourth-order valence-electron chi connectivity index (χ4n) is 1.95. The molecule has 1 heterocycles. The average molecular weight is 373 g/mol. The van der Waals surface area contributed by atoms with Crippen LogP contribution in [0.5, 0.6) is 0 Å². The molecule has 0 aliphatic carbocycles. The number of carbonyl (C=O) groups is 1. The number of sulfone groups is 1. The Labute approximate surface area is 139 Å². The van der Waals surface area contributed by atoms with Crippen molar-refractivity contribution < 1.29 is 21.6 Å². The molecule has 1 N–H and O–H groups in total. The molecule has 9 heteroatoms. The fourth-order valence-corrected chi connectivity index (χ4v) is 5.45. The Morgan fingerprint density at radius 3 is 2.39 bits per heavy atom. The van der Waals surface area contributed by atoms with Gasteiger partial charge in [0, 0.05) is 0 Å². The van der Waals surface area contributed by atoms with Gasteiger partial charge in [-0.25, -0.2) is 21.6 Å². The van der Waals surface area contributed by atoms with E-state index in [0.717, 1.165) is 11.3 Å². The van der Waals surface area contributed by atoms with E-state index >= 15 is 0 Å². The van der Waals surface area contributed by atoms with Crippen LogP contribution in [0.25, 0.3) is 0 Å². The average Bonchev–Trinajstić information content (AvgIpc) is 3.02. The highest BCUT2D eigenvalue weighted by Gasteiger charge is 2.25. The van der Waals surface area contributed by atoms with Crippen molar-refractivity contribution >= 4 is 37.1 Å². The second-order valence-corrected chi connectivity index (χ2v) is 9.62. The molecule has 0 aliphatic heterocycles. The van der Waals surface area contributed by atoms with Crippen LogP contribution in [0.4, 0.5) is 0 Å². The van der Waals surface area contributed by atoms with Gasteiger partial charge in [0.05, 0.1) is 16.2 Å². The molecule has 0 fully saturated rings. The van der Waals surface area contributed by atoms with Crippen LogP contribution in [-0.2, 0) is 19.9 Å². The van der Waals surface area contributed by atoms with Gasteiger partial charge in [0.25, 0.3) is 15.9 Å². The topological polar surface area (TPSA) is 97.4 Å². The molecule has 6 nitrogen and oxygen atoms in total. The van der Waals surface area contributed by atoms with E-state index in [0.29, 0.717) is 6.42 Å². The van der Waals surface area contributed by atoms with Crippen LogP contribution in [0.15, 0.2) is 50.9 Å². The summed E-state index contributed by atoms with van der Waals surface area (Å²) in [4.78, 5) is 12.1. The summed E-state index contributed by atoms with van der Waals surface area (Å²) in [6.45, 7) is 1.71. The summed E-state index contributed by atoms with van der Waals surface area (Å²) in [5, 5.41) is 1.57. The number of hydrogen-bond acceptors (Lipinski definition) is 6. The third kappa shape index (κ3) is 3.98. The lowest BCUT2D eigenvalue weighted by Crippen LogP contribution is -2.31. The molecular formula is C14H15NO5S3. The van der Waals surface area contributed by atoms with Gasteiger partial charge in [0.1, 0.15) is 4.21 Å². The standard InChI is InChI=1S/C14H15NO5S3/c1-2-10-22(17,18)12-7-4-3-6-11(12)14(16)15-23(19,20)13-8-5-9-21-13/h3-9H,2,10H2,1H3,(H,15,16). The lowest BCUT2D eigenvalue weighted by molar-refractivity contribution is 0.0978. The van der Waals surface area contributed by atoms with Crippen molar-refractivity contribution in [1.29, 1.82) is 0 Å². The third-order valence-corrected chi connectivity index (χ3v) is 7.63. The predicted octanol–water partition coefficient (Wildman–Crippen LogP) is 2.05. The second kappa shape index (κ2) is 6.81. The minimum absolute atomic E-state index is 0.0141. The molecule has 0 saturated carbocycles. The zero-order chi connectivity index (χ0) is 17.1. The number of amides is 1. The number of rotatable bonds is 6. The van der Waals surface area contributed by atoms with Gasteiger partial charge in [-0.15, -0.1) is 11.3 Å². The van der Waals surface area contributed by atoms with Crippen molar-refractivity contribution in [2.75, 3.05) is 5.75 Å². The molecule has 1 aromatic carbocycles. The molecule has 1 aromatic heterocycles. The van der Waals surface area contributed by atoms with E-state index in [2.05, 4.69) is 0 Å². The molecule has 0 radical (unpaired) electrons. The molecule has 0 saturated heterocycles. The Balaban J connectivity index is 2.38. The van der Waals surface area contributed by atoms with E-state index < -0.39 is 25.8 Å². The minimum Gasteiger partial charge on any atom is -0.268 e. The molecule has 2 aromatic rings. The Morgan fingerprint density at radius 2 is 1.78 bits per heavy atom. The van der Waals surface area contributed by atoms with E-state index in [-0.39, 0.29) is 20.4 Å². The van der Waals surface area contributed by atoms with Gasteiger partial charge in [-0.05, 0) is 30.0 Å².